The molecule has 0 aromatic heterocycles. The molecule has 0 radical (unpaired) electrons. The Morgan fingerprint density at radius 3 is 0.290 bits per heavy atom. The first-order chi connectivity index (χ1) is 6.93. The molecule has 0 aliphatic heterocycles. The molecule has 0 rings (SSSR count). The van der Waals surface area contributed by atoms with Crippen molar-refractivity contribution >= 4 is 36.7 Å². The molecular weight excluding hydrogens is 1670 g/mol. The maximum atomic E-state index is 8.52. The van der Waals surface area contributed by atoms with Gasteiger partial charge in [0.2, 0.25) is 0 Å². The standard InChI is InChI=1S/7Hf.4N.4O3Si.4O/c;;;;;;;;;;;4*1-4(2)3;;;;/q7*+4;4*-3;8*-2. The largest absolute Gasteiger partial charge is 4.00 e. The molecule has 31 heteroatoms. The summed E-state index contributed by atoms with van der Waals surface area (Å²) in [6, 6.07) is 0. The minimum Gasteiger partial charge on any atom is -3.00 e. The third-order valence-electron chi connectivity index (χ3n) is 0. The minimum atomic E-state index is -3.63. The molecule has 0 aliphatic rings. The fraction of sp³-hybridized carbons (Fsp3) is 0. The average molecular weight is 1670 g/mol. The molecule has 0 unspecified atom stereocenters. The van der Waals surface area contributed by atoms with Crippen LogP contribution in [0.4, 0.5) is 0 Å². The second-order valence-corrected chi connectivity index (χ2v) is 3.00. The van der Waals surface area contributed by atoms with Gasteiger partial charge in [0.05, 0.1) is 0 Å². The van der Waals surface area contributed by atoms with Crippen molar-refractivity contribution in [3.8, 4) is 0 Å². The molecule has 0 aromatic carbocycles. The van der Waals surface area contributed by atoms with Crippen LogP contribution in [0.15, 0.2) is 0 Å². The zero-order valence-electron chi connectivity index (χ0n) is 13.8. The van der Waals surface area contributed by atoms with E-state index in [0.717, 1.165) is 0 Å². The Morgan fingerprint density at radius 2 is 0.290 bits per heavy atom. The van der Waals surface area contributed by atoms with Gasteiger partial charge in [-0.3, -0.25) is 0 Å². The zero-order chi connectivity index (χ0) is 14.3. The summed E-state index contributed by atoms with van der Waals surface area (Å²) in [5.41, 5.74) is 0. The van der Waals surface area contributed by atoms with Crippen molar-refractivity contribution in [2.45, 2.75) is 0 Å². The van der Waals surface area contributed by atoms with Crippen LogP contribution in [0, 0.1) is 0 Å². The van der Waals surface area contributed by atoms with Gasteiger partial charge in [0.1, 0.15) is 0 Å². The molecule has 0 fully saturated rings. The van der Waals surface area contributed by atoms with Crippen molar-refractivity contribution in [3.63, 3.8) is 0 Å². The van der Waals surface area contributed by atoms with Gasteiger partial charge in [0.15, 0.2) is 0 Å². The molecule has 160 valence electrons. The molecule has 0 atom stereocenters. The summed E-state index contributed by atoms with van der Waals surface area (Å²) in [6.07, 6.45) is 0. The summed E-state index contributed by atoms with van der Waals surface area (Å²) in [4.78, 5) is 68.1. The molecule has 20 nitrogen and oxygen atoms in total. The molecule has 0 aromatic rings. The smallest absolute Gasteiger partial charge is 3.00 e. The maximum Gasteiger partial charge on any atom is 4.00 e. The van der Waals surface area contributed by atoms with E-state index in [1.807, 2.05) is 0 Å². The van der Waals surface area contributed by atoms with Gasteiger partial charge in [-0.05, 0) is 0 Å². The number of rotatable bonds is 0. The van der Waals surface area contributed by atoms with Gasteiger partial charge in [0, 0.05) is 36.7 Å². The van der Waals surface area contributed by atoms with Gasteiger partial charge in [-0.25, -0.2) is 0 Å². The first-order valence-electron chi connectivity index (χ1n) is 2.45. The molecule has 31 heavy (non-hydrogen) atoms. The minimum absolute atomic E-state index is 0. The van der Waals surface area contributed by atoms with Crippen molar-refractivity contribution in [2.75, 3.05) is 0 Å². The van der Waals surface area contributed by atoms with Crippen molar-refractivity contribution in [3.05, 3.63) is 24.6 Å². The predicted molar refractivity (Wildman–Crippen MR) is 41.9 cm³/mol. The molecule has 0 heterocycles. The van der Waals surface area contributed by atoms with Crippen LogP contribution in [0.3, 0.4) is 0 Å². The Morgan fingerprint density at radius 1 is 0.290 bits per heavy atom. The van der Waals surface area contributed by atoms with E-state index in [1.165, 1.54) is 0 Å². The summed E-state index contributed by atoms with van der Waals surface area (Å²) < 4.78 is 34.1. The Bertz CT molecular complexity index is 194. The van der Waals surface area contributed by atoms with Crippen LogP contribution in [0.5, 0.6) is 0 Å². The monoisotopic (exact) mass is 1680 g/mol. The molecule has 0 amide bonds. The van der Waals surface area contributed by atoms with Crippen LogP contribution >= 0.6 is 0 Å². The zero-order valence-corrected chi connectivity index (χ0v) is 43.0. The van der Waals surface area contributed by atoms with E-state index < -0.39 is 36.7 Å². The quantitative estimate of drug-likeness (QED) is 0.204. The second-order valence-electron chi connectivity index (χ2n) is 1.00. The predicted octanol–water partition coefficient (Wildman–Crippen LogP) is -10.8. The Labute approximate surface area is 314 Å². The molecule has 0 saturated heterocycles. The summed E-state index contributed by atoms with van der Waals surface area (Å²) in [6.45, 7) is 0. The number of nitrogens with zero attached hydrogens (tertiary/aromatic N) is 4. The van der Waals surface area contributed by atoms with Gasteiger partial charge in [-0.15, -0.1) is 0 Å². The Hall–Kier alpha value is 4.24. The van der Waals surface area contributed by atoms with E-state index in [1.54, 1.807) is 0 Å². The van der Waals surface area contributed by atoms with E-state index in [0.29, 0.717) is 0 Å². The maximum absolute atomic E-state index is 8.52. The van der Waals surface area contributed by atoms with Crippen LogP contribution < -0.4 is 38.4 Å². The number of hydrogen-bond donors (Lipinski definition) is 0. The summed E-state index contributed by atoms with van der Waals surface area (Å²) in [7, 11) is -14.5. The topological polar surface area (TPSA) is 489 Å². The summed E-state index contributed by atoms with van der Waals surface area (Å²) >= 11 is 0. The van der Waals surface area contributed by atoms with Crippen LogP contribution in [0.25, 0.3) is 24.6 Å². The molecule has 0 saturated carbocycles. The third-order valence-corrected chi connectivity index (χ3v) is 0. The number of hydrogen-bond acceptors (Lipinski definition) is 12. The molecule has 0 aliphatic carbocycles. The van der Waals surface area contributed by atoms with E-state index in [-0.39, 0.29) is 227 Å². The summed E-state index contributed by atoms with van der Waals surface area (Å²) in [5.74, 6) is 0. The van der Waals surface area contributed by atoms with Gasteiger partial charge in [-0.2, -0.15) is 0 Å². The van der Waals surface area contributed by atoms with E-state index >= 15 is 0 Å². The average Bonchev–Trinajstić information content (AvgIpc) is 1.76. The third kappa shape index (κ3) is 1980. The molecule has 0 bridgehead atoms. The molecule has 0 spiro atoms. The van der Waals surface area contributed by atoms with E-state index in [2.05, 4.69) is 0 Å². The normalized spacial score (nSPS) is 3.10. The van der Waals surface area contributed by atoms with Gasteiger partial charge in [-0.1, -0.05) is 0 Å². The van der Waals surface area contributed by atoms with Crippen LogP contribution in [0.1, 0.15) is 0 Å². The SMILES string of the molecule is O=[Si]([O-])[O-].O=[Si]([O-])[O-].O=[Si]([O-])[O-].O=[Si]([O-])[O-].[Hf+4].[Hf+4].[Hf+4].[Hf+4].[Hf+4].[Hf+4].[Hf+4].[N-3].[N-3].[N-3].[N-3].[O-2].[O-2].[O-2].[O-2]. The first-order valence-corrected chi connectivity index (χ1v) is 7.35. The molecule has 0 N–H and O–H groups in total. The van der Waals surface area contributed by atoms with Gasteiger partial charge in [0.25, 0.3) is 0 Å². The first kappa shape index (κ1) is 157. The Balaban J connectivity index is -0.00000000314. The van der Waals surface area contributed by atoms with E-state index in [4.69, 9.17) is 56.2 Å². The van der Waals surface area contributed by atoms with Crippen LogP contribution in [-0.2, 0) is 221 Å². The molecular formula is Hf7N4O16Si4. The van der Waals surface area contributed by atoms with Crippen molar-refractivity contribution in [1.82, 2.24) is 0 Å². The Kier molecular flexibility index (Phi) is 725. The van der Waals surface area contributed by atoms with Crippen LogP contribution in [0.2, 0.25) is 0 Å². The summed E-state index contributed by atoms with van der Waals surface area (Å²) in [5, 5.41) is 0. The van der Waals surface area contributed by atoms with Crippen LogP contribution in [-0.4, -0.2) is 36.7 Å². The fourth-order valence-corrected chi connectivity index (χ4v) is 0. The van der Waals surface area contributed by atoms with Crippen molar-refractivity contribution in [1.29, 1.82) is 0 Å². The van der Waals surface area contributed by atoms with Gasteiger partial charge >= 0.3 is 181 Å². The van der Waals surface area contributed by atoms with Gasteiger partial charge < -0.3 is 103 Å². The second kappa shape index (κ2) is 143. The van der Waals surface area contributed by atoms with E-state index in [9.17, 15) is 0 Å². The van der Waals surface area contributed by atoms with Crippen molar-refractivity contribution < 1.29 is 259 Å². The van der Waals surface area contributed by atoms with Crippen molar-refractivity contribution in [2.24, 2.45) is 0 Å². The fourth-order valence-electron chi connectivity index (χ4n) is 0.